The Labute approximate surface area is 133 Å². The van der Waals surface area contributed by atoms with Crippen molar-refractivity contribution in [2.24, 2.45) is 0 Å². The average molecular weight is 374 g/mol. The van der Waals surface area contributed by atoms with Gasteiger partial charge in [0.05, 0.1) is 18.8 Å². The quantitative estimate of drug-likeness (QED) is 0.819. The van der Waals surface area contributed by atoms with E-state index in [1.165, 1.54) is 7.11 Å². The molecule has 1 aliphatic heterocycles. The summed E-state index contributed by atoms with van der Waals surface area (Å²) in [7, 11) is 1.46. The number of nitrogens with one attached hydrogen (secondary N) is 1. The minimum atomic E-state index is -0.989. The Balaban J connectivity index is 2.36. The summed E-state index contributed by atoms with van der Waals surface area (Å²) in [5.74, 6) is -0.904. The molecule has 0 spiro atoms. The third kappa shape index (κ3) is 3.76. The Hall–Kier alpha value is -1.54. The molecule has 1 fully saturated rings. The van der Waals surface area contributed by atoms with Gasteiger partial charge in [0.25, 0.3) is 5.24 Å². The minimum absolute atomic E-state index is 0.210. The fourth-order valence-electron chi connectivity index (χ4n) is 2.11. The van der Waals surface area contributed by atoms with E-state index in [-0.39, 0.29) is 24.0 Å². The van der Waals surface area contributed by atoms with Crippen LogP contribution >= 0.6 is 27.7 Å². The number of thioether (sulfide) groups is 1. The second kappa shape index (κ2) is 6.48. The summed E-state index contributed by atoms with van der Waals surface area (Å²) in [4.78, 5) is 33.9. The van der Waals surface area contributed by atoms with Crippen LogP contribution in [0.3, 0.4) is 0 Å². The highest BCUT2D eigenvalue weighted by atomic mass is 79.9. The zero-order valence-electron chi connectivity index (χ0n) is 11.0. The molecule has 0 bridgehead atoms. The maximum Gasteiger partial charge on any atom is 0.307 e. The molecule has 6 nitrogen and oxygen atoms in total. The van der Waals surface area contributed by atoms with Crippen molar-refractivity contribution in [2.45, 2.75) is 18.1 Å². The van der Waals surface area contributed by atoms with Gasteiger partial charge in [0, 0.05) is 10.0 Å². The molecule has 0 radical (unpaired) electrons. The number of methoxy groups -OCH3 is 1. The van der Waals surface area contributed by atoms with Crippen LogP contribution in [0.25, 0.3) is 0 Å². The van der Waals surface area contributed by atoms with E-state index in [0.717, 1.165) is 16.2 Å². The van der Waals surface area contributed by atoms with Gasteiger partial charge in [-0.2, -0.15) is 0 Å². The van der Waals surface area contributed by atoms with Crippen molar-refractivity contribution in [1.29, 1.82) is 0 Å². The molecule has 1 heterocycles. The highest BCUT2D eigenvalue weighted by Crippen LogP contribution is 2.32. The topological polar surface area (TPSA) is 92.7 Å². The average Bonchev–Trinajstić information content (AvgIpc) is 2.70. The maximum atomic E-state index is 11.6. The largest absolute Gasteiger partial charge is 0.496 e. The van der Waals surface area contributed by atoms with Crippen molar-refractivity contribution in [3.63, 3.8) is 0 Å². The number of carbonyl (C=O) groups excluding carboxylic acids is 2. The lowest BCUT2D eigenvalue weighted by Crippen LogP contribution is -2.25. The van der Waals surface area contributed by atoms with Gasteiger partial charge in [-0.25, -0.2) is 0 Å². The Morgan fingerprint density at radius 2 is 2.19 bits per heavy atom. The van der Waals surface area contributed by atoms with E-state index in [4.69, 9.17) is 9.84 Å². The van der Waals surface area contributed by atoms with Crippen LogP contribution in [0, 0.1) is 0 Å². The number of hydrogen-bond donors (Lipinski definition) is 2. The minimum Gasteiger partial charge on any atom is -0.496 e. The van der Waals surface area contributed by atoms with Gasteiger partial charge >= 0.3 is 5.97 Å². The Morgan fingerprint density at radius 1 is 1.48 bits per heavy atom. The van der Waals surface area contributed by atoms with E-state index in [0.29, 0.717) is 16.9 Å². The van der Waals surface area contributed by atoms with Gasteiger partial charge in [0.15, 0.2) is 0 Å². The monoisotopic (exact) mass is 373 g/mol. The lowest BCUT2D eigenvalue weighted by molar-refractivity contribution is -0.136. The van der Waals surface area contributed by atoms with Crippen LogP contribution < -0.4 is 10.1 Å². The van der Waals surface area contributed by atoms with Gasteiger partial charge in [0.2, 0.25) is 5.91 Å². The van der Waals surface area contributed by atoms with Gasteiger partial charge in [-0.3, -0.25) is 19.7 Å². The lowest BCUT2D eigenvalue weighted by Gasteiger charge is -2.15. The number of carboxylic acid groups (broad SMARTS) is 1. The van der Waals surface area contributed by atoms with Crippen LogP contribution in [-0.2, 0) is 22.4 Å². The first-order valence-electron chi connectivity index (χ1n) is 5.99. The Bertz CT molecular complexity index is 619. The Kier molecular flexibility index (Phi) is 4.89. The van der Waals surface area contributed by atoms with Crippen molar-refractivity contribution >= 4 is 44.8 Å². The predicted molar refractivity (Wildman–Crippen MR) is 80.7 cm³/mol. The number of ether oxygens (including phenoxy) is 1. The number of benzene rings is 1. The molecule has 2 rings (SSSR count). The first-order valence-corrected chi connectivity index (χ1v) is 7.66. The standard InChI is InChI=1S/C13H12BrNO5S/c1-20-9-4-7(14)2-6(8(9)5-11(16)17)3-10-12(18)15-13(19)21-10/h2,4,10H,3,5H2,1H3,(H,16,17)(H,15,18,19). The third-order valence-electron chi connectivity index (χ3n) is 2.99. The van der Waals surface area contributed by atoms with Crippen LogP contribution in [0.5, 0.6) is 5.75 Å². The summed E-state index contributed by atoms with van der Waals surface area (Å²) >= 11 is 4.24. The third-order valence-corrected chi connectivity index (χ3v) is 4.43. The molecule has 0 aromatic heterocycles. The number of carbonyl (C=O) groups is 3. The van der Waals surface area contributed by atoms with Gasteiger partial charge in [-0.1, -0.05) is 27.7 Å². The molecular formula is C13H12BrNO5S. The van der Waals surface area contributed by atoms with Crippen LogP contribution in [0.2, 0.25) is 0 Å². The van der Waals surface area contributed by atoms with Crippen molar-refractivity contribution < 1.29 is 24.2 Å². The molecule has 2 amide bonds. The van der Waals surface area contributed by atoms with E-state index in [1.807, 2.05) is 0 Å². The number of rotatable bonds is 5. The number of carboxylic acids is 1. The number of halogens is 1. The summed E-state index contributed by atoms with van der Waals surface area (Å²) in [6.45, 7) is 0. The number of imide groups is 1. The molecule has 21 heavy (non-hydrogen) atoms. The van der Waals surface area contributed by atoms with E-state index in [9.17, 15) is 14.4 Å². The van der Waals surface area contributed by atoms with Gasteiger partial charge < -0.3 is 9.84 Å². The summed E-state index contributed by atoms with van der Waals surface area (Å²) in [5, 5.41) is 10.3. The van der Waals surface area contributed by atoms with Crippen LogP contribution in [0.15, 0.2) is 16.6 Å². The Morgan fingerprint density at radius 3 is 2.71 bits per heavy atom. The molecule has 1 saturated heterocycles. The molecule has 112 valence electrons. The second-order valence-corrected chi connectivity index (χ2v) is 6.49. The fraction of sp³-hybridized carbons (Fsp3) is 0.308. The molecule has 1 aromatic rings. The highest BCUT2D eigenvalue weighted by molar-refractivity contribution is 9.10. The highest BCUT2D eigenvalue weighted by Gasteiger charge is 2.32. The van der Waals surface area contributed by atoms with Gasteiger partial charge in [-0.15, -0.1) is 0 Å². The summed E-state index contributed by atoms with van der Waals surface area (Å²) in [6.07, 6.45) is 0.0550. The molecule has 1 aliphatic rings. The molecule has 0 saturated carbocycles. The maximum absolute atomic E-state index is 11.6. The summed E-state index contributed by atoms with van der Waals surface area (Å²) in [5.41, 5.74) is 1.19. The molecule has 1 aromatic carbocycles. The van der Waals surface area contributed by atoms with Crippen molar-refractivity contribution in [3.05, 3.63) is 27.7 Å². The molecular weight excluding hydrogens is 362 g/mol. The van der Waals surface area contributed by atoms with Crippen molar-refractivity contribution in [2.75, 3.05) is 7.11 Å². The van der Waals surface area contributed by atoms with Crippen LogP contribution in [0.4, 0.5) is 4.79 Å². The smallest absolute Gasteiger partial charge is 0.307 e. The van der Waals surface area contributed by atoms with E-state index in [2.05, 4.69) is 21.2 Å². The first kappa shape index (κ1) is 15.8. The van der Waals surface area contributed by atoms with Crippen molar-refractivity contribution in [1.82, 2.24) is 5.32 Å². The predicted octanol–water partition coefficient (Wildman–Crippen LogP) is 1.98. The molecule has 1 atom stereocenters. The van der Waals surface area contributed by atoms with Gasteiger partial charge in [-0.05, 0) is 24.1 Å². The number of aliphatic carboxylic acids is 1. The molecule has 2 N–H and O–H groups in total. The van der Waals surface area contributed by atoms with Crippen LogP contribution in [-0.4, -0.2) is 34.6 Å². The van der Waals surface area contributed by atoms with E-state index < -0.39 is 11.2 Å². The molecule has 1 unspecified atom stereocenters. The summed E-state index contributed by atoms with van der Waals surface area (Å²) < 4.78 is 5.93. The molecule has 0 aliphatic carbocycles. The first-order chi connectivity index (χ1) is 9.90. The van der Waals surface area contributed by atoms with Crippen molar-refractivity contribution in [3.8, 4) is 5.75 Å². The summed E-state index contributed by atoms with van der Waals surface area (Å²) in [6, 6.07) is 3.42. The lowest BCUT2D eigenvalue weighted by atomic mass is 9.99. The van der Waals surface area contributed by atoms with Gasteiger partial charge in [0.1, 0.15) is 5.75 Å². The second-order valence-electron chi connectivity index (χ2n) is 4.40. The number of amides is 2. The molecule has 8 heteroatoms. The van der Waals surface area contributed by atoms with E-state index >= 15 is 0 Å². The fourth-order valence-corrected chi connectivity index (χ4v) is 3.44. The SMILES string of the molecule is COc1cc(Br)cc(CC2SC(=O)NC2=O)c1CC(=O)O. The number of hydrogen-bond acceptors (Lipinski definition) is 5. The zero-order valence-corrected chi connectivity index (χ0v) is 13.4. The van der Waals surface area contributed by atoms with Crippen LogP contribution in [0.1, 0.15) is 11.1 Å². The zero-order chi connectivity index (χ0) is 15.6. The normalized spacial score (nSPS) is 17.7. The van der Waals surface area contributed by atoms with E-state index in [1.54, 1.807) is 12.1 Å².